The van der Waals surface area contributed by atoms with Gasteiger partial charge in [-0.05, 0) is 93.5 Å². The third-order valence-corrected chi connectivity index (χ3v) is 11.0. The Bertz CT molecular complexity index is 1660. The zero-order valence-electron chi connectivity index (χ0n) is 31.5. The normalized spacial score (nSPS) is 13.1. The maximum absolute atomic E-state index is 2.51. The molecular weight excluding hydrogens is 579 g/mol. The first-order valence-electron chi connectivity index (χ1n) is 19.5. The van der Waals surface area contributed by atoms with Gasteiger partial charge in [-0.3, -0.25) is 0 Å². The summed E-state index contributed by atoms with van der Waals surface area (Å²) in [4.78, 5) is 0. The molecule has 0 amide bonds. The lowest BCUT2D eigenvalue weighted by atomic mass is 9.70. The molecule has 1 heterocycles. The van der Waals surface area contributed by atoms with Crippen LogP contribution in [0.5, 0.6) is 0 Å². The van der Waals surface area contributed by atoms with Crippen molar-refractivity contribution in [3.8, 4) is 11.1 Å². The van der Waals surface area contributed by atoms with Crippen LogP contribution in [0.1, 0.15) is 144 Å². The van der Waals surface area contributed by atoms with Gasteiger partial charge in [0.25, 0.3) is 0 Å². The van der Waals surface area contributed by atoms with Crippen molar-refractivity contribution in [1.29, 1.82) is 0 Å². The predicted octanol–water partition coefficient (Wildman–Crippen LogP) is 14.5. The molecule has 0 radical (unpaired) electrons. The molecule has 1 aliphatic carbocycles. The van der Waals surface area contributed by atoms with E-state index < -0.39 is 0 Å². The predicted molar refractivity (Wildman–Crippen MR) is 213 cm³/mol. The van der Waals surface area contributed by atoms with Gasteiger partial charge >= 0.3 is 0 Å². The van der Waals surface area contributed by atoms with Crippen molar-refractivity contribution >= 4 is 21.8 Å². The van der Waals surface area contributed by atoms with Crippen LogP contribution in [0, 0.1) is 27.7 Å². The average Bonchev–Trinajstić information content (AvgIpc) is 3.51. The van der Waals surface area contributed by atoms with Gasteiger partial charge in [-0.1, -0.05) is 162 Å². The summed E-state index contributed by atoms with van der Waals surface area (Å²) >= 11 is 0. The standard InChI is InChI=1S/C27H38.C20H25N/c1-5-7-9-11-17-27(18-12-10-8-6-2)25-19-21(3)13-15-23(25)24-16-14-22(4)20-26(24)27;1-4-5-6-7-12-21-19-10-8-15(2)13-17(19)18-14-16(3)9-11-20(18)21/h13-16,19-20H,5-12,17-18H2,1-4H3;8-11,13-14H,4-7,12H2,1-3H3. The molecule has 0 fully saturated rings. The minimum atomic E-state index is 0.240. The maximum Gasteiger partial charge on any atom is 0.0491 e. The lowest BCUT2D eigenvalue weighted by molar-refractivity contribution is 0.400. The highest BCUT2D eigenvalue weighted by Crippen LogP contribution is 2.54. The SMILES string of the molecule is CCCCCCC1(CCCCCC)c2cc(C)ccc2-c2ccc(C)cc21.CCCCCCn1c2ccc(C)cc2c2cc(C)ccc21. The van der Waals surface area contributed by atoms with Gasteiger partial charge in [-0.2, -0.15) is 0 Å². The Morgan fingerprint density at radius 3 is 1.27 bits per heavy atom. The molecule has 0 bridgehead atoms. The van der Waals surface area contributed by atoms with Gasteiger partial charge in [0.1, 0.15) is 0 Å². The number of benzene rings is 4. The molecule has 6 rings (SSSR count). The first-order valence-corrected chi connectivity index (χ1v) is 19.5. The summed E-state index contributed by atoms with van der Waals surface area (Å²) < 4.78 is 2.51. The Morgan fingerprint density at radius 2 is 0.833 bits per heavy atom. The van der Waals surface area contributed by atoms with Crippen molar-refractivity contribution < 1.29 is 0 Å². The summed E-state index contributed by atoms with van der Waals surface area (Å²) in [5, 5.41) is 2.81. The van der Waals surface area contributed by atoms with E-state index in [1.165, 1.54) is 145 Å². The van der Waals surface area contributed by atoms with Gasteiger partial charge in [0.2, 0.25) is 0 Å². The summed E-state index contributed by atoms with van der Waals surface area (Å²) in [5.74, 6) is 0. The van der Waals surface area contributed by atoms with E-state index in [9.17, 15) is 0 Å². The number of nitrogens with zero attached hydrogens (tertiary/aromatic N) is 1. The fourth-order valence-electron chi connectivity index (χ4n) is 8.36. The van der Waals surface area contributed by atoms with Crippen molar-refractivity contribution in [3.05, 3.63) is 106 Å². The molecule has 0 unspecified atom stereocenters. The number of aryl methyl sites for hydroxylation is 5. The molecule has 0 N–H and O–H groups in total. The molecule has 0 saturated carbocycles. The van der Waals surface area contributed by atoms with E-state index >= 15 is 0 Å². The molecule has 0 atom stereocenters. The van der Waals surface area contributed by atoms with E-state index in [0.717, 1.165) is 6.54 Å². The summed E-state index contributed by atoms with van der Waals surface area (Å²) in [6.45, 7) is 16.9. The number of rotatable bonds is 15. The van der Waals surface area contributed by atoms with E-state index in [1.807, 2.05) is 0 Å². The Kier molecular flexibility index (Phi) is 12.6. The van der Waals surface area contributed by atoms with Crippen LogP contribution < -0.4 is 0 Å². The highest BCUT2D eigenvalue weighted by atomic mass is 15.0. The highest BCUT2D eigenvalue weighted by Gasteiger charge is 2.42. The molecule has 5 aromatic rings. The van der Waals surface area contributed by atoms with Crippen LogP contribution in [0.25, 0.3) is 32.9 Å². The fraction of sp³-hybridized carbons (Fsp3) is 0.489. The lowest BCUT2D eigenvalue weighted by Crippen LogP contribution is -2.25. The third-order valence-electron chi connectivity index (χ3n) is 11.0. The Morgan fingerprint density at radius 1 is 0.438 bits per heavy atom. The zero-order valence-corrected chi connectivity index (χ0v) is 31.5. The molecule has 1 heteroatoms. The van der Waals surface area contributed by atoms with Gasteiger partial charge in [0.15, 0.2) is 0 Å². The fourth-order valence-corrected chi connectivity index (χ4v) is 8.36. The zero-order chi connectivity index (χ0) is 34.1. The van der Waals surface area contributed by atoms with E-state index in [1.54, 1.807) is 11.1 Å². The molecule has 0 aliphatic heterocycles. The molecule has 0 spiro atoms. The molecule has 256 valence electrons. The molecule has 0 saturated heterocycles. The van der Waals surface area contributed by atoms with Crippen molar-refractivity contribution in [1.82, 2.24) is 4.57 Å². The first-order chi connectivity index (χ1) is 23.3. The van der Waals surface area contributed by atoms with E-state index in [0.29, 0.717) is 0 Å². The van der Waals surface area contributed by atoms with Crippen LogP contribution >= 0.6 is 0 Å². The summed E-state index contributed by atoms with van der Waals surface area (Å²) in [5.41, 5.74) is 14.8. The lowest BCUT2D eigenvalue weighted by Gasteiger charge is -2.33. The second-order valence-corrected chi connectivity index (χ2v) is 15.1. The van der Waals surface area contributed by atoms with Crippen LogP contribution in [0.3, 0.4) is 0 Å². The van der Waals surface area contributed by atoms with Gasteiger partial charge in [0, 0.05) is 33.8 Å². The molecular formula is C47H63N. The number of aromatic nitrogens is 1. The molecule has 4 aromatic carbocycles. The third kappa shape index (κ3) is 7.93. The molecule has 48 heavy (non-hydrogen) atoms. The molecule has 1 nitrogen and oxygen atoms in total. The summed E-state index contributed by atoms with van der Waals surface area (Å²) in [7, 11) is 0. The molecule has 1 aromatic heterocycles. The van der Waals surface area contributed by atoms with E-state index in [2.05, 4.69) is 126 Å². The highest BCUT2D eigenvalue weighted by molar-refractivity contribution is 6.08. The number of hydrogen-bond acceptors (Lipinski definition) is 0. The average molecular weight is 642 g/mol. The van der Waals surface area contributed by atoms with Gasteiger partial charge in [-0.15, -0.1) is 0 Å². The Labute approximate surface area is 293 Å². The van der Waals surface area contributed by atoms with Crippen LogP contribution in [-0.2, 0) is 12.0 Å². The van der Waals surface area contributed by atoms with E-state index in [-0.39, 0.29) is 5.41 Å². The number of hydrogen-bond donors (Lipinski definition) is 0. The van der Waals surface area contributed by atoms with Crippen molar-refractivity contribution in [3.63, 3.8) is 0 Å². The topological polar surface area (TPSA) is 4.93 Å². The number of fused-ring (bicyclic) bond motifs is 6. The van der Waals surface area contributed by atoms with Crippen molar-refractivity contribution in [2.75, 3.05) is 0 Å². The van der Waals surface area contributed by atoms with Gasteiger partial charge in [-0.25, -0.2) is 0 Å². The first kappa shape index (κ1) is 36.0. The Hall–Kier alpha value is -3.32. The minimum Gasteiger partial charge on any atom is -0.340 e. The van der Waals surface area contributed by atoms with Crippen LogP contribution in [0.4, 0.5) is 0 Å². The minimum absolute atomic E-state index is 0.240. The number of unbranched alkanes of at least 4 members (excludes halogenated alkanes) is 9. The molecule has 1 aliphatic rings. The summed E-state index contributed by atoms with van der Waals surface area (Å²) in [6.07, 6.45) is 18.7. The summed E-state index contributed by atoms with van der Waals surface area (Å²) in [6, 6.07) is 28.1. The van der Waals surface area contributed by atoms with E-state index in [4.69, 9.17) is 0 Å². The van der Waals surface area contributed by atoms with Crippen LogP contribution in [-0.4, -0.2) is 4.57 Å². The van der Waals surface area contributed by atoms with Crippen molar-refractivity contribution in [2.45, 2.75) is 150 Å². The quantitative estimate of drug-likeness (QED) is 0.100. The van der Waals surface area contributed by atoms with Crippen LogP contribution in [0.15, 0.2) is 72.8 Å². The van der Waals surface area contributed by atoms with Crippen LogP contribution in [0.2, 0.25) is 0 Å². The largest absolute Gasteiger partial charge is 0.340 e. The maximum atomic E-state index is 2.51. The monoisotopic (exact) mass is 641 g/mol. The van der Waals surface area contributed by atoms with Crippen molar-refractivity contribution in [2.24, 2.45) is 0 Å². The second kappa shape index (κ2) is 16.9. The smallest absolute Gasteiger partial charge is 0.0491 e. The van der Waals surface area contributed by atoms with Gasteiger partial charge in [0.05, 0.1) is 0 Å². The van der Waals surface area contributed by atoms with Gasteiger partial charge < -0.3 is 4.57 Å². The Balaban J connectivity index is 0.000000194. The second-order valence-electron chi connectivity index (χ2n) is 15.1.